The van der Waals surface area contributed by atoms with Crippen LogP contribution in [-0.2, 0) is 9.09 Å². The minimum absolute atomic E-state index is 0.215. The molecule has 3 rings (SSSR count). The molecule has 2 aliphatic rings. The van der Waals surface area contributed by atoms with Crippen LogP contribution in [-0.4, -0.2) is 11.8 Å². The van der Waals surface area contributed by atoms with E-state index in [4.69, 9.17) is 4.52 Å². The standard InChI is InChI=1S/C18H27O2P/c19-21(17-12-6-2-7-13-17,18-14-8-3-9-15-18)20-16-10-4-1-5-11-16/h2,6-7,12-13,16,18H,1,3-5,8-11,14-15H2. The molecule has 1 atom stereocenters. The molecule has 1 aromatic carbocycles. The molecule has 0 saturated heterocycles. The lowest BCUT2D eigenvalue weighted by atomic mass is 9.98. The number of benzene rings is 1. The molecule has 116 valence electrons. The van der Waals surface area contributed by atoms with Crippen molar-refractivity contribution in [2.24, 2.45) is 0 Å². The van der Waals surface area contributed by atoms with Gasteiger partial charge in [0.15, 0.2) is 0 Å². The summed E-state index contributed by atoms with van der Waals surface area (Å²) in [6.45, 7) is 0. The number of rotatable bonds is 4. The van der Waals surface area contributed by atoms with Gasteiger partial charge in [-0.1, -0.05) is 56.7 Å². The maximum atomic E-state index is 13.8. The van der Waals surface area contributed by atoms with Gasteiger partial charge in [0.25, 0.3) is 0 Å². The quantitative estimate of drug-likeness (QED) is 0.708. The van der Waals surface area contributed by atoms with Gasteiger partial charge in [-0.15, -0.1) is 0 Å². The van der Waals surface area contributed by atoms with Gasteiger partial charge < -0.3 is 4.52 Å². The second-order valence-electron chi connectivity index (χ2n) is 6.59. The fraction of sp³-hybridized carbons (Fsp3) is 0.667. The molecule has 2 fully saturated rings. The first kappa shape index (κ1) is 15.3. The molecule has 0 N–H and O–H groups in total. The molecular weight excluding hydrogens is 279 g/mol. The Labute approximate surface area is 128 Å². The maximum absolute atomic E-state index is 13.8. The molecule has 0 aliphatic heterocycles. The Bertz CT molecular complexity index is 473. The average Bonchev–Trinajstić information content (AvgIpc) is 2.57. The third kappa shape index (κ3) is 3.60. The van der Waals surface area contributed by atoms with Crippen LogP contribution in [0.25, 0.3) is 0 Å². The van der Waals surface area contributed by atoms with Gasteiger partial charge >= 0.3 is 0 Å². The van der Waals surface area contributed by atoms with Gasteiger partial charge in [-0.05, 0) is 37.8 Å². The average molecular weight is 306 g/mol. The summed E-state index contributed by atoms with van der Waals surface area (Å²) in [5.74, 6) is 0. The van der Waals surface area contributed by atoms with E-state index in [-0.39, 0.29) is 11.8 Å². The summed E-state index contributed by atoms with van der Waals surface area (Å²) in [4.78, 5) is 0. The lowest BCUT2D eigenvalue weighted by Gasteiger charge is -2.34. The first-order valence-corrected chi connectivity index (χ1v) is 10.3. The molecule has 2 saturated carbocycles. The van der Waals surface area contributed by atoms with Crippen LogP contribution in [0.5, 0.6) is 0 Å². The Kier molecular flexibility index (Phi) is 5.19. The summed E-state index contributed by atoms with van der Waals surface area (Å²) >= 11 is 0. The second-order valence-corrected chi connectivity index (χ2v) is 9.24. The highest BCUT2D eigenvalue weighted by molar-refractivity contribution is 7.67. The van der Waals surface area contributed by atoms with Gasteiger partial charge in [-0.2, -0.15) is 0 Å². The van der Waals surface area contributed by atoms with Crippen molar-refractivity contribution in [3.8, 4) is 0 Å². The van der Waals surface area contributed by atoms with E-state index >= 15 is 0 Å². The van der Waals surface area contributed by atoms with Gasteiger partial charge in [0, 0.05) is 11.0 Å². The van der Waals surface area contributed by atoms with E-state index in [2.05, 4.69) is 0 Å². The Hall–Kier alpha value is -0.590. The lowest BCUT2D eigenvalue weighted by Crippen LogP contribution is -2.26. The zero-order valence-electron chi connectivity index (χ0n) is 12.9. The fourth-order valence-corrected chi connectivity index (χ4v) is 6.81. The predicted octanol–water partition coefficient (Wildman–Crippen LogP) is 5.27. The van der Waals surface area contributed by atoms with Crippen molar-refractivity contribution < 1.29 is 9.09 Å². The van der Waals surface area contributed by atoms with Gasteiger partial charge in [-0.25, -0.2) is 0 Å². The van der Waals surface area contributed by atoms with E-state index in [1.165, 1.54) is 38.5 Å². The van der Waals surface area contributed by atoms with Gasteiger partial charge in [0.1, 0.15) is 0 Å². The van der Waals surface area contributed by atoms with Crippen LogP contribution in [0.3, 0.4) is 0 Å². The third-order valence-electron chi connectivity index (χ3n) is 5.03. The summed E-state index contributed by atoms with van der Waals surface area (Å²) in [6, 6.07) is 10.0. The minimum Gasteiger partial charge on any atom is -0.322 e. The molecule has 2 nitrogen and oxygen atoms in total. The van der Waals surface area contributed by atoms with E-state index in [9.17, 15) is 4.57 Å². The summed E-state index contributed by atoms with van der Waals surface area (Å²) < 4.78 is 20.2. The highest BCUT2D eigenvalue weighted by atomic mass is 31.2. The normalized spacial score (nSPS) is 24.6. The van der Waals surface area contributed by atoms with Crippen molar-refractivity contribution in [2.45, 2.75) is 76.0 Å². The van der Waals surface area contributed by atoms with Crippen molar-refractivity contribution in [3.63, 3.8) is 0 Å². The summed E-state index contributed by atoms with van der Waals surface area (Å²) in [5.41, 5.74) is 0.246. The van der Waals surface area contributed by atoms with Crippen LogP contribution >= 0.6 is 7.37 Å². The first-order valence-electron chi connectivity index (χ1n) is 8.63. The Morgan fingerprint density at radius 1 is 0.810 bits per heavy atom. The molecular formula is C18H27O2P. The first-order chi connectivity index (χ1) is 10.3. The topological polar surface area (TPSA) is 26.3 Å². The molecule has 1 unspecified atom stereocenters. The molecule has 0 radical (unpaired) electrons. The largest absolute Gasteiger partial charge is 0.322 e. The van der Waals surface area contributed by atoms with Crippen LogP contribution < -0.4 is 5.30 Å². The van der Waals surface area contributed by atoms with Crippen LogP contribution in [0.2, 0.25) is 0 Å². The smallest absolute Gasteiger partial charge is 0.235 e. The van der Waals surface area contributed by atoms with Gasteiger partial charge in [0.2, 0.25) is 7.37 Å². The maximum Gasteiger partial charge on any atom is 0.235 e. The van der Waals surface area contributed by atoms with Crippen molar-refractivity contribution >= 4 is 12.7 Å². The minimum atomic E-state index is -2.72. The number of hydrogen-bond donors (Lipinski definition) is 0. The molecule has 0 spiro atoms. The van der Waals surface area contributed by atoms with Gasteiger partial charge in [0.05, 0.1) is 6.10 Å². The third-order valence-corrected chi connectivity index (χ3v) is 8.14. The highest BCUT2D eigenvalue weighted by Crippen LogP contribution is 2.57. The van der Waals surface area contributed by atoms with E-state index in [1.54, 1.807) is 0 Å². The predicted molar refractivity (Wildman–Crippen MR) is 88.5 cm³/mol. The summed E-state index contributed by atoms with van der Waals surface area (Å²) in [6.07, 6.45) is 12.0. The molecule has 2 aliphatic carbocycles. The van der Waals surface area contributed by atoms with E-state index in [1.807, 2.05) is 30.3 Å². The fourth-order valence-electron chi connectivity index (χ4n) is 3.81. The van der Waals surface area contributed by atoms with Crippen molar-refractivity contribution in [1.82, 2.24) is 0 Å². The highest BCUT2D eigenvalue weighted by Gasteiger charge is 2.39. The molecule has 21 heavy (non-hydrogen) atoms. The molecule has 0 bridgehead atoms. The Balaban J connectivity index is 1.84. The zero-order chi connectivity index (χ0) is 14.5. The van der Waals surface area contributed by atoms with E-state index in [0.717, 1.165) is 31.0 Å². The zero-order valence-corrected chi connectivity index (χ0v) is 13.8. The summed E-state index contributed by atoms with van der Waals surface area (Å²) in [7, 11) is -2.72. The Morgan fingerprint density at radius 2 is 1.38 bits per heavy atom. The molecule has 3 heteroatoms. The molecule has 1 aromatic rings. The molecule has 0 heterocycles. The van der Waals surface area contributed by atoms with E-state index < -0.39 is 7.37 Å². The second kappa shape index (κ2) is 7.11. The summed E-state index contributed by atoms with van der Waals surface area (Å²) in [5, 5.41) is 0.947. The lowest BCUT2D eigenvalue weighted by molar-refractivity contribution is 0.156. The number of hydrogen-bond acceptors (Lipinski definition) is 2. The molecule has 0 amide bonds. The monoisotopic (exact) mass is 306 g/mol. The van der Waals surface area contributed by atoms with Gasteiger partial charge in [-0.3, -0.25) is 4.57 Å². The van der Waals surface area contributed by atoms with Crippen LogP contribution in [0.1, 0.15) is 64.2 Å². The van der Waals surface area contributed by atoms with Crippen LogP contribution in [0.15, 0.2) is 30.3 Å². The SMILES string of the molecule is O=P(OC1CCCCC1)(c1ccccc1)C1CCCCC1. The van der Waals surface area contributed by atoms with Crippen LogP contribution in [0.4, 0.5) is 0 Å². The van der Waals surface area contributed by atoms with Crippen molar-refractivity contribution in [1.29, 1.82) is 0 Å². The molecule has 0 aromatic heterocycles. The van der Waals surface area contributed by atoms with Crippen molar-refractivity contribution in [3.05, 3.63) is 30.3 Å². The Morgan fingerprint density at radius 3 is 2.00 bits per heavy atom. The van der Waals surface area contributed by atoms with Crippen LogP contribution in [0, 0.1) is 0 Å². The van der Waals surface area contributed by atoms with Crippen molar-refractivity contribution in [2.75, 3.05) is 0 Å². The van der Waals surface area contributed by atoms with E-state index in [0.29, 0.717) is 0 Å².